The van der Waals surface area contributed by atoms with Gasteiger partial charge < -0.3 is 4.74 Å². The molecule has 1 N–H and O–H groups in total. The Morgan fingerprint density at radius 1 is 1.62 bits per heavy atom. The summed E-state index contributed by atoms with van der Waals surface area (Å²) in [5.41, 5.74) is -0.440. The van der Waals surface area contributed by atoms with Crippen molar-refractivity contribution in [3.8, 4) is 6.07 Å². The molecule has 0 spiro atoms. The van der Waals surface area contributed by atoms with Crippen LogP contribution >= 0.6 is 0 Å². The minimum atomic E-state index is -0.440. The number of likely N-dealkylation sites (N-methyl/N-ethyl adjacent to an activating group) is 1. The lowest BCUT2D eigenvalue weighted by Gasteiger charge is -2.36. The van der Waals surface area contributed by atoms with E-state index in [1.54, 1.807) is 7.11 Å². The van der Waals surface area contributed by atoms with Crippen LogP contribution in [-0.4, -0.2) is 49.8 Å². The van der Waals surface area contributed by atoms with Crippen LogP contribution in [0, 0.1) is 11.3 Å². The van der Waals surface area contributed by atoms with Gasteiger partial charge in [-0.3, -0.25) is 10.2 Å². The van der Waals surface area contributed by atoms with E-state index in [9.17, 15) is 5.26 Å². The van der Waals surface area contributed by atoms with Crippen LogP contribution in [0.15, 0.2) is 0 Å². The molecule has 0 saturated carbocycles. The number of nitrogens with zero attached hydrogens (tertiary/aromatic N) is 2. The number of hydrogen-bond donors (Lipinski definition) is 1. The molecule has 2 atom stereocenters. The molecule has 0 aromatic carbocycles. The summed E-state index contributed by atoms with van der Waals surface area (Å²) in [7, 11) is 1.77. The fourth-order valence-corrected chi connectivity index (χ4v) is 2.32. The minimum Gasteiger partial charge on any atom is -0.380 e. The van der Waals surface area contributed by atoms with Crippen LogP contribution in [0.5, 0.6) is 0 Å². The number of nitriles is 1. The Labute approximate surface area is 98.6 Å². The van der Waals surface area contributed by atoms with Crippen molar-refractivity contribution < 1.29 is 4.74 Å². The summed E-state index contributed by atoms with van der Waals surface area (Å²) in [6.45, 7) is 7.61. The van der Waals surface area contributed by atoms with Crippen molar-refractivity contribution in [1.82, 2.24) is 10.2 Å². The van der Waals surface area contributed by atoms with Gasteiger partial charge in [0, 0.05) is 20.2 Å². The SMILES string of the molecule is CCNC(C)(C#N)CN1CCCC(OC)C1. The largest absolute Gasteiger partial charge is 0.380 e. The van der Waals surface area contributed by atoms with Crippen molar-refractivity contribution >= 4 is 0 Å². The van der Waals surface area contributed by atoms with Gasteiger partial charge in [0.15, 0.2) is 0 Å². The monoisotopic (exact) mass is 225 g/mol. The van der Waals surface area contributed by atoms with Crippen molar-refractivity contribution in [3.05, 3.63) is 0 Å². The topological polar surface area (TPSA) is 48.3 Å². The molecule has 16 heavy (non-hydrogen) atoms. The van der Waals surface area contributed by atoms with E-state index < -0.39 is 5.54 Å². The number of ether oxygens (including phenoxy) is 1. The molecule has 0 aliphatic carbocycles. The minimum absolute atomic E-state index is 0.332. The Hall–Kier alpha value is -0.630. The van der Waals surface area contributed by atoms with Crippen LogP contribution in [0.3, 0.4) is 0 Å². The molecule has 1 fully saturated rings. The van der Waals surface area contributed by atoms with Gasteiger partial charge in [0.25, 0.3) is 0 Å². The molecule has 1 heterocycles. The summed E-state index contributed by atoms with van der Waals surface area (Å²) in [5, 5.41) is 12.4. The molecule has 4 heteroatoms. The quantitative estimate of drug-likeness (QED) is 0.758. The van der Waals surface area contributed by atoms with Gasteiger partial charge in [0.05, 0.1) is 12.2 Å². The second kappa shape index (κ2) is 6.19. The van der Waals surface area contributed by atoms with Gasteiger partial charge in [-0.1, -0.05) is 6.92 Å². The summed E-state index contributed by atoms with van der Waals surface area (Å²) in [4.78, 5) is 2.32. The molecule has 0 bridgehead atoms. The van der Waals surface area contributed by atoms with E-state index in [-0.39, 0.29) is 0 Å². The number of methoxy groups -OCH3 is 1. The Bertz CT molecular complexity index is 251. The van der Waals surface area contributed by atoms with E-state index in [2.05, 4.69) is 16.3 Å². The van der Waals surface area contributed by atoms with Crippen LogP contribution in [0.2, 0.25) is 0 Å². The van der Waals surface area contributed by atoms with Gasteiger partial charge in [0.2, 0.25) is 0 Å². The lowest BCUT2D eigenvalue weighted by Crippen LogP contribution is -2.53. The molecule has 1 aliphatic rings. The van der Waals surface area contributed by atoms with Crippen molar-refractivity contribution in [2.75, 3.05) is 33.3 Å². The van der Waals surface area contributed by atoms with Gasteiger partial charge in [-0.15, -0.1) is 0 Å². The molecule has 92 valence electrons. The molecule has 1 aliphatic heterocycles. The third-order valence-corrected chi connectivity index (χ3v) is 3.15. The van der Waals surface area contributed by atoms with E-state index >= 15 is 0 Å². The Kier molecular flexibility index (Phi) is 5.20. The van der Waals surface area contributed by atoms with E-state index in [0.717, 1.165) is 39.0 Å². The van der Waals surface area contributed by atoms with E-state index in [0.29, 0.717) is 6.10 Å². The van der Waals surface area contributed by atoms with Crippen LogP contribution < -0.4 is 5.32 Å². The van der Waals surface area contributed by atoms with Gasteiger partial charge in [-0.25, -0.2) is 0 Å². The maximum Gasteiger partial charge on any atom is 0.116 e. The number of nitrogens with one attached hydrogen (secondary N) is 1. The fourth-order valence-electron chi connectivity index (χ4n) is 2.32. The predicted molar refractivity (Wildman–Crippen MR) is 64.2 cm³/mol. The highest BCUT2D eigenvalue weighted by Gasteiger charge is 2.28. The zero-order valence-corrected chi connectivity index (χ0v) is 10.6. The zero-order valence-electron chi connectivity index (χ0n) is 10.6. The molecule has 0 amide bonds. The van der Waals surface area contributed by atoms with Crippen LogP contribution in [-0.2, 0) is 4.74 Å². The molecule has 1 rings (SSSR count). The van der Waals surface area contributed by atoms with E-state index in [1.807, 2.05) is 13.8 Å². The lowest BCUT2D eigenvalue weighted by molar-refractivity contribution is 0.0255. The average molecular weight is 225 g/mol. The maximum atomic E-state index is 9.20. The molecular weight excluding hydrogens is 202 g/mol. The summed E-state index contributed by atoms with van der Waals surface area (Å²) < 4.78 is 5.38. The van der Waals surface area contributed by atoms with Crippen molar-refractivity contribution in [1.29, 1.82) is 5.26 Å². The highest BCUT2D eigenvalue weighted by molar-refractivity contribution is 5.05. The summed E-state index contributed by atoms with van der Waals surface area (Å²) >= 11 is 0. The molecule has 0 radical (unpaired) electrons. The molecular formula is C12H23N3O. The maximum absolute atomic E-state index is 9.20. The predicted octanol–water partition coefficient (Wildman–Crippen LogP) is 0.989. The van der Waals surface area contributed by atoms with Gasteiger partial charge in [0.1, 0.15) is 5.54 Å². The summed E-state index contributed by atoms with van der Waals surface area (Å²) in [6, 6.07) is 2.37. The number of rotatable bonds is 5. The zero-order chi connectivity index (χ0) is 12.0. The molecule has 0 aromatic heterocycles. The number of likely N-dealkylation sites (tertiary alicyclic amines) is 1. The van der Waals surface area contributed by atoms with Gasteiger partial charge in [-0.2, -0.15) is 5.26 Å². The van der Waals surface area contributed by atoms with Crippen LogP contribution in [0.25, 0.3) is 0 Å². The molecule has 2 unspecified atom stereocenters. The third-order valence-electron chi connectivity index (χ3n) is 3.15. The first-order chi connectivity index (χ1) is 7.63. The number of hydrogen-bond acceptors (Lipinski definition) is 4. The fraction of sp³-hybridized carbons (Fsp3) is 0.917. The Morgan fingerprint density at radius 2 is 2.38 bits per heavy atom. The van der Waals surface area contributed by atoms with Crippen molar-refractivity contribution in [2.24, 2.45) is 0 Å². The Morgan fingerprint density at radius 3 is 2.94 bits per heavy atom. The van der Waals surface area contributed by atoms with Crippen molar-refractivity contribution in [2.45, 2.75) is 38.3 Å². The summed E-state index contributed by atoms with van der Waals surface area (Å²) in [5.74, 6) is 0. The summed E-state index contributed by atoms with van der Waals surface area (Å²) in [6.07, 6.45) is 2.63. The first-order valence-electron chi connectivity index (χ1n) is 6.05. The van der Waals surface area contributed by atoms with E-state index in [1.165, 1.54) is 0 Å². The third kappa shape index (κ3) is 3.75. The Balaban J connectivity index is 2.49. The van der Waals surface area contributed by atoms with Gasteiger partial charge >= 0.3 is 0 Å². The van der Waals surface area contributed by atoms with Crippen LogP contribution in [0.1, 0.15) is 26.7 Å². The number of piperidine rings is 1. The van der Waals surface area contributed by atoms with Crippen LogP contribution in [0.4, 0.5) is 0 Å². The average Bonchev–Trinajstić information content (AvgIpc) is 2.29. The first-order valence-corrected chi connectivity index (χ1v) is 6.05. The molecule has 0 aromatic rings. The molecule has 1 saturated heterocycles. The second-order valence-electron chi connectivity index (χ2n) is 4.71. The first kappa shape index (κ1) is 13.4. The smallest absolute Gasteiger partial charge is 0.116 e. The highest BCUT2D eigenvalue weighted by Crippen LogP contribution is 2.15. The highest BCUT2D eigenvalue weighted by atomic mass is 16.5. The normalized spacial score (nSPS) is 26.0. The second-order valence-corrected chi connectivity index (χ2v) is 4.71. The standard InChI is InChI=1S/C12H23N3O/c1-4-14-12(2,9-13)10-15-7-5-6-11(8-15)16-3/h11,14H,4-8,10H2,1-3H3. The van der Waals surface area contributed by atoms with E-state index in [4.69, 9.17) is 4.74 Å². The van der Waals surface area contributed by atoms with Gasteiger partial charge in [-0.05, 0) is 32.9 Å². The van der Waals surface area contributed by atoms with Crippen molar-refractivity contribution in [3.63, 3.8) is 0 Å². The lowest BCUT2D eigenvalue weighted by atomic mass is 10.0. The molecule has 4 nitrogen and oxygen atoms in total.